The van der Waals surface area contributed by atoms with Crippen LogP contribution in [0.5, 0.6) is 11.5 Å². The van der Waals surface area contributed by atoms with Gasteiger partial charge in [0.05, 0.1) is 13.6 Å². The number of phenols is 2. The van der Waals surface area contributed by atoms with Crippen molar-refractivity contribution >= 4 is 140 Å². The maximum absolute atomic E-state index is 13.7. The maximum Gasteiger partial charge on any atom is 0.493 e. The molecule has 6 aromatic carbocycles. The minimum absolute atomic E-state index is 0. The molecule has 0 saturated carbocycles. The summed E-state index contributed by atoms with van der Waals surface area (Å²) in [6, 6.07) is 30.1. The number of fused-ring (bicyclic) bond motifs is 3. The number of halogens is 9. The van der Waals surface area contributed by atoms with Crippen molar-refractivity contribution in [2.75, 3.05) is 0 Å². The fourth-order valence-corrected chi connectivity index (χ4v) is 7.12. The van der Waals surface area contributed by atoms with Crippen molar-refractivity contribution < 1.29 is 33.5 Å². The summed E-state index contributed by atoms with van der Waals surface area (Å²) in [7, 11) is -1.73. The number of rotatable bonds is 2. The standard InChI is InChI=1S/C12H7BrClFO.C12H6BrClO.C6H6BClO3.C6H3BrFI.CH4/c13-7-3-1-5-9(15)11(7)12-8(14)4-2-6-10(12)16;13-7-3-1-5-9-11(7)12-8(14)4-2-6-10(12)15-9;8-4-2-1-3-5(9)6(4)7(10)11;7-4-2-1-3-5(8)6(4)9;/h1-6,16H;1-6H;1-3,9-11H;1-3H;1H4. The summed E-state index contributed by atoms with van der Waals surface area (Å²) in [5, 5.41) is 39.4. The molecule has 0 aliphatic heterocycles. The molecule has 0 atom stereocenters. The second-order valence-electron chi connectivity index (χ2n) is 10.1. The number of benzene rings is 6. The van der Waals surface area contributed by atoms with Crippen molar-refractivity contribution in [2.45, 2.75) is 7.43 Å². The van der Waals surface area contributed by atoms with Crippen molar-refractivity contribution in [2.24, 2.45) is 0 Å². The SMILES string of the molecule is C.Clc1cccc2oc3cccc(Br)c3c12.Fc1cccc(Br)c1I.OB(O)c1c(O)cccc1Cl.Oc1cccc(Cl)c1-c1c(F)cccc1Br. The molecule has 0 aliphatic carbocycles. The number of hydrogen-bond donors (Lipinski definition) is 4. The molecular weight excluding hydrogens is 1050 g/mol. The second-order valence-corrected chi connectivity index (χ2v) is 15.0. The van der Waals surface area contributed by atoms with Gasteiger partial charge in [-0.1, -0.05) is 110 Å². The number of furan rings is 1. The molecule has 52 heavy (non-hydrogen) atoms. The average molecular weight is 1070 g/mol. The first kappa shape index (κ1) is 44.0. The molecule has 0 unspecified atom stereocenters. The zero-order valence-corrected chi connectivity index (χ0v) is 34.8. The van der Waals surface area contributed by atoms with E-state index in [0.29, 0.717) is 18.6 Å². The molecule has 0 amide bonds. The highest BCUT2D eigenvalue weighted by Gasteiger charge is 2.19. The molecular formula is C37H26BBr3Cl3F2IO5. The van der Waals surface area contributed by atoms with Gasteiger partial charge in [-0.25, -0.2) is 8.78 Å². The summed E-state index contributed by atoms with van der Waals surface area (Å²) in [6.07, 6.45) is 0. The van der Waals surface area contributed by atoms with Crippen LogP contribution >= 0.6 is 105 Å². The van der Waals surface area contributed by atoms with E-state index in [-0.39, 0.29) is 40.8 Å². The molecule has 1 aromatic heterocycles. The van der Waals surface area contributed by atoms with Crippen LogP contribution in [0, 0.1) is 15.2 Å². The van der Waals surface area contributed by atoms with E-state index >= 15 is 0 Å². The molecule has 0 fully saturated rings. The fourth-order valence-electron chi connectivity index (χ4n) is 4.54. The monoisotopic (exact) mass is 1070 g/mol. The van der Waals surface area contributed by atoms with Gasteiger partial charge in [0.2, 0.25) is 0 Å². The van der Waals surface area contributed by atoms with E-state index in [9.17, 15) is 13.9 Å². The van der Waals surface area contributed by atoms with Crippen LogP contribution in [0.3, 0.4) is 0 Å². The number of phenolic OH excluding ortho intramolecular Hbond substituents is 2. The van der Waals surface area contributed by atoms with Gasteiger partial charge in [0.1, 0.15) is 34.3 Å². The molecule has 5 nitrogen and oxygen atoms in total. The number of aromatic hydroxyl groups is 2. The van der Waals surface area contributed by atoms with Gasteiger partial charge in [0, 0.05) is 45.8 Å². The maximum atomic E-state index is 13.7. The third-order valence-electron chi connectivity index (χ3n) is 6.82. The largest absolute Gasteiger partial charge is 0.508 e. The summed E-state index contributed by atoms with van der Waals surface area (Å²) >= 11 is 29.6. The van der Waals surface area contributed by atoms with Gasteiger partial charge in [-0.3, -0.25) is 0 Å². The van der Waals surface area contributed by atoms with Crippen LogP contribution in [-0.2, 0) is 0 Å². The Morgan fingerprint density at radius 1 is 0.558 bits per heavy atom. The Morgan fingerprint density at radius 3 is 1.58 bits per heavy atom. The molecule has 0 radical (unpaired) electrons. The van der Waals surface area contributed by atoms with Crippen molar-refractivity contribution in [1.82, 2.24) is 0 Å². The van der Waals surface area contributed by atoms with Crippen LogP contribution in [0.15, 0.2) is 127 Å². The Labute approximate surface area is 352 Å². The first-order chi connectivity index (χ1) is 24.2. The molecule has 4 N–H and O–H groups in total. The van der Waals surface area contributed by atoms with E-state index in [2.05, 4.69) is 47.8 Å². The Bertz CT molecular complexity index is 2130. The lowest BCUT2D eigenvalue weighted by Crippen LogP contribution is -2.30. The lowest BCUT2D eigenvalue weighted by molar-refractivity contribution is 0.419. The number of hydrogen-bond acceptors (Lipinski definition) is 5. The zero-order chi connectivity index (χ0) is 37.4. The van der Waals surface area contributed by atoms with Crippen LogP contribution in [0.25, 0.3) is 33.1 Å². The third kappa shape index (κ3) is 10.9. The van der Waals surface area contributed by atoms with Gasteiger partial charge in [-0.15, -0.1) is 0 Å². The first-order valence-electron chi connectivity index (χ1n) is 14.3. The predicted molar refractivity (Wildman–Crippen MR) is 229 cm³/mol. The van der Waals surface area contributed by atoms with Gasteiger partial charge in [0.15, 0.2) is 0 Å². The van der Waals surface area contributed by atoms with Crippen LogP contribution < -0.4 is 5.46 Å². The topological polar surface area (TPSA) is 94.1 Å². The van der Waals surface area contributed by atoms with E-state index in [1.807, 2.05) is 65.1 Å². The van der Waals surface area contributed by atoms with Crippen molar-refractivity contribution in [3.05, 3.63) is 153 Å². The van der Waals surface area contributed by atoms with Gasteiger partial charge in [-0.2, -0.15) is 0 Å². The van der Waals surface area contributed by atoms with Crippen molar-refractivity contribution in [3.63, 3.8) is 0 Å². The van der Waals surface area contributed by atoms with Gasteiger partial charge < -0.3 is 24.7 Å². The normalized spacial score (nSPS) is 10.2. The lowest BCUT2D eigenvalue weighted by Gasteiger charge is -2.10. The minimum atomic E-state index is -1.73. The molecule has 7 rings (SSSR count). The lowest BCUT2D eigenvalue weighted by atomic mass is 9.79. The van der Waals surface area contributed by atoms with E-state index in [1.165, 1.54) is 36.4 Å². The zero-order valence-electron chi connectivity index (χ0n) is 25.6. The highest BCUT2D eigenvalue weighted by atomic mass is 127. The summed E-state index contributed by atoms with van der Waals surface area (Å²) in [4.78, 5) is 0. The van der Waals surface area contributed by atoms with Gasteiger partial charge >= 0.3 is 7.12 Å². The molecule has 15 heteroatoms. The Hall–Kier alpha value is -2.40. The van der Waals surface area contributed by atoms with Crippen LogP contribution in [0.1, 0.15) is 7.43 Å². The Balaban J connectivity index is 0.000000190. The summed E-state index contributed by atoms with van der Waals surface area (Å²) in [5.41, 5.74) is 2.19. The first-order valence-corrected chi connectivity index (χ1v) is 18.9. The fraction of sp³-hybridized carbons (Fsp3) is 0.0270. The van der Waals surface area contributed by atoms with Gasteiger partial charge in [0.25, 0.3) is 0 Å². The third-order valence-corrected chi connectivity index (χ3v) is 11.6. The minimum Gasteiger partial charge on any atom is -0.508 e. The summed E-state index contributed by atoms with van der Waals surface area (Å²) < 4.78 is 34.9. The van der Waals surface area contributed by atoms with Crippen molar-refractivity contribution in [3.8, 4) is 22.6 Å². The highest BCUT2D eigenvalue weighted by Crippen LogP contribution is 2.41. The molecule has 7 aromatic rings. The molecule has 1 heterocycles. The molecule has 0 bridgehead atoms. The van der Waals surface area contributed by atoms with E-state index in [0.717, 1.165) is 35.9 Å². The highest BCUT2D eigenvalue weighted by molar-refractivity contribution is 14.1. The summed E-state index contributed by atoms with van der Waals surface area (Å²) in [5.74, 6) is -0.867. The van der Waals surface area contributed by atoms with E-state index < -0.39 is 12.9 Å². The molecule has 0 spiro atoms. The van der Waals surface area contributed by atoms with E-state index in [1.54, 1.807) is 30.3 Å². The van der Waals surface area contributed by atoms with Crippen molar-refractivity contribution in [1.29, 1.82) is 0 Å². The quantitative estimate of drug-likeness (QED) is 0.0786. The van der Waals surface area contributed by atoms with Crippen LogP contribution in [0.4, 0.5) is 8.78 Å². The Kier molecular flexibility index (Phi) is 17.2. The Morgan fingerprint density at radius 2 is 1.04 bits per heavy atom. The molecule has 0 aliphatic rings. The summed E-state index contributed by atoms with van der Waals surface area (Å²) in [6.45, 7) is 0. The second kappa shape index (κ2) is 20.3. The molecule has 0 saturated heterocycles. The molecule has 270 valence electrons. The average Bonchev–Trinajstić information content (AvgIpc) is 3.47. The van der Waals surface area contributed by atoms with Gasteiger partial charge in [-0.05, 0) is 111 Å². The van der Waals surface area contributed by atoms with Crippen LogP contribution in [-0.4, -0.2) is 27.4 Å². The van der Waals surface area contributed by atoms with E-state index in [4.69, 9.17) is 54.4 Å². The smallest absolute Gasteiger partial charge is 0.493 e. The predicted octanol–water partition coefficient (Wildman–Crippen LogP) is 13.2. The van der Waals surface area contributed by atoms with Crippen LogP contribution in [0.2, 0.25) is 15.1 Å².